The highest BCUT2D eigenvalue weighted by Gasteiger charge is 2.30. The van der Waals surface area contributed by atoms with Gasteiger partial charge in [0.2, 0.25) is 5.91 Å². The molecule has 2 rings (SSSR count). The molecule has 1 aromatic carbocycles. The second-order valence-corrected chi connectivity index (χ2v) is 6.50. The van der Waals surface area contributed by atoms with E-state index in [0.29, 0.717) is 35.0 Å². The summed E-state index contributed by atoms with van der Waals surface area (Å²) in [6, 6.07) is 2.95. The number of aliphatic hydroxyl groups excluding tert-OH is 1. The molecule has 0 spiro atoms. The van der Waals surface area contributed by atoms with Gasteiger partial charge < -0.3 is 20.8 Å². The van der Waals surface area contributed by atoms with E-state index in [0.717, 1.165) is 0 Å². The van der Waals surface area contributed by atoms with Crippen molar-refractivity contribution in [3.05, 3.63) is 27.7 Å². The summed E-state index contributed by atoms with van der Waals surface area (Å²) >= 11 is 12.2. The molecule has 0 aromatic heterocycles. The van der Waals surface area contributed by atoms with Crippen molar-refractivity contribution in [1.29, 1.82) is 0 Å². The quantitative estimate of drug-likeness (QED) is 0.659. The number of benzene rings is 1. The fourth-order valence-corrected chi connectivity index (χ4v) is 3.12. The van der Waals surface area contributed by atoms with Gasteiger partial charge in [-0.1, -0.05) is 23.2 Å². The van der Waals surface area contributed by atoms with Gasteiger partial charge in [-0.25, -0.2) is 0 Å². The minimum absolute atomic E-state index is 0.0882. The molecule has 1 aliphatic heterocycles. The maximum absolute atomic E-state index is 11.8. The number of carbonyl (C=O) groups excluding carboxylic acids is 1. The number of nitrogens with one attached hydrogen (secondary N) is 2. The third-order valence-corrected chi connectivity index (χ3v) is 4.57. The Balaban J connectivity index is 1.96. The normalized spacial score (nSPS) is 22.5. The summed E-state index contributed by atoms with van der Waals surface area (Å²) in [5, 5.41) is 25.9. The molecule has 0 saturated carbocycles. The molecular formula is C15H20Cl2N2O3. The number of carbonyl (C=O) groups is 1. The molecule has 0 unspecified atom stereocenters. The second kappa shape index (κ2) is 7.51. The standard InChI is InChI=1S/C15H20Cl2N2O3/c1-8(20)6-19-13(22)5-9-4-11(18-7-9)14-12(21)3-2-10(16)15(14)17/h2-3,8-9,11,18,20-21H,4-7H2,1H3,(H,19,22)/t8-,9-,11+/m0/s1. The molecule has 0 aliphatic carbocycles. The highest BCUT2D eigenvalue weighted by Crippen LogP contribution is 2.41. The van der Waals surface area contributed by atoms with E-state index in [1.807, 2.05) is 0 Å². The number of phenols is 1. The minimum Gasteiger partial charge on any atom is -0.508 e. The van der Waals surface area contributed by atoms with Gasteiger partial charge >= 0.3 is 0 Å². The number of rotatable bonds is 5. The zero-order valence-corrected chi connectivity index (χ0v) is 13.8. The van der Waals surface area contributed by atoms with Crippen molar-refractivity contribution in [2.24, 2.45) is 5.92 Å². The summed E-state index contributed by atoms with van der Waals surface area (Å²) in [6.07, 6.45) is 0.505. The lowest BCUT2D eigenvalue weighted by molar-refractivity contribution is -0.122. The topological polar surface area (TPSA) is 81.6 Å². The molecule has 22 heavy (non-hydrogen) atoms. The van der Waals surface area contributed by atoms with Crippen molar-refractivity contribution in [3.8, 4) is 5.75 Å². The number of hydrogen-bond donors (Lipinski definition) is 4. The third kappa shape index (κ3) is 4.26. The van der Waals surface area contributed by atoms with Crippen LogP contribution < -0.4 is 10.6 Å². The van der Waals surface area contributed by atoms with E-state index in [-0.39, 0.29) is 30.2 Å². The fraction of sp³-hybridized carbons (Fsp3) is 0.533. The highest BCUT2D eigenvalue weighted by atomic mass is 35.5. The van der Waals surface area contributed by atoms with Gasteiger partial charge in [0.1, 0.15) is 5.75 Å². The van der Waals surface area contributed by atoms with E-state index in [4.69, 9.17) is 28.3 Å². The molecule has 1 saturated heterocycles. The SMILES string of the molecule is C[C@H](O)CNC(=O)C[C@H]1CN[C@@H](c2c(O)ccc(Cl)c2Cl)C1. The van der Waals surface area contributed by atoms with Crippen LogP contribution in [0.1, 0.15) is 31.4 Å². The smallest absolute Gasteiger partial charge is 0.220 e. The Morgan fingerprint density at radius 3 is 2.91 bits per heavy atom. The van der Waals surface area contributed by atoms with E-state index in [1.165, 1.54) is 6.07 Å². The van der Waals surface area contributed by atoms with Gasteiger partial charge in [0.15, 0.2) is 0 Å². The molecule has 1 heterocycles. The zero-order valence-electron chi connectivity index (χ0n) is 12.3. The van der Waals surface area contributed by atoms with Gasteiger partial charge in [0.05, 0.1) is 16.1 Å². The first-order chi connectivity index (χ1) is 10.4. The molecule has 3 atom stereocenters. The van der Waals surface area contributed by atoms with Crippen molar-refractivity contribution in [3.63, 3.8) is 0 Å². The molecular weight excluding hydrogens is 327 g/mol. The summed E-state index contributed by atoms with van der Waals surface area (Å²) in [7, 11) is 0. The predicted octanol–water partition coefficient (Wildman–Crippen LogP) is 2.24. The average Bonchev–Trinajstić information content (AvgIpc) is 2.89. The maximum Gasteiger partial charge on any atom is 0.220 e. The Bertz CT molecular complexity index is 552. The number of hydrogen-bond acceptors (Lipinski definition) is 4. The van der Waals surface area contributed by atoms with Crippen LogP contribution in [0.4, 0.5) is 0 Å². The lowest BCUT2D eigenvalue weighted by Gasteiger charge is -2.15. The number of aromatic hydroxyl groups is 1. The molecule has 5 nitrogen and oxygen atoms in total. The largest absolute Gasteiger partial charge is 0.508 e. The number of amides is 1. The maximum atomic E-state index is 11.8. The van der Waals surface area contributed by atoms with Crippen molar-refractivity contribution < 1.29 is 15.0 Å². The number of halogens is 2. The van der Waals surface area contributed by atoms with Crippen LogP contribution in [0, 0.1) is 5.92 Å². The lowest BCUT2D eigenvalue weighted by Crippen LogP contribution is -2.32. The van der Waals surface area contributed by atoms with Crippen LogP contribution in [-0.4, -0.2) is 35.3 Å². The first kappa shape index (κ1) is 17.3. The van der Waals surface area contributed by atoms with Crippen LogP contribution in [0.5, 0.6) is 5.75 Å². The van der Waals surface area contributed by atoms with E-state index < -0.39 is 6.10 Å². The van der Waals surface area contributed by atoms with Crippen LogP contribution in [0.25, 0.3) is 0 Å². The first-order valence-corrected chi connectivity index (χ1v) is 7.99. The van der Waals surface area contributed by atoms with Crippen molar-refractivity contribution in [2.75, 3.05) is 13.1 Å². The Hall–Kier alpha value is -1.01. The monoisotopic (exact) mass is 346 g/mol. The molecule has 0 radical (unpaired) electrons. The fourth-order valence-electron chi connectivity index (χ4n) is 2.67. The predicted molar refractivity (Wildman–Crippen MR) is 86.3 cm³/mol. The van der Waals surface area contributed by atoms with Crippen molar-refractivity contribution in [2.45, 2.75) is 31.9 Å². The lowest BCUT2D eigenvalue weighted by atomic mass is 9.96. The van der Waals surface area contributed by atoms with E-state index in [9.17, 15) is 9.90 Å². The molecule has 1 aromatic rings. The van der Waals surface area contributed by atoms with Crippen LogP contribution in [-0.2, 0) is 4.79 Å². The van der Waals surface area contributed by atoms with E-state index >= 15 is 0 Å². The van der Waals surface area contributed by atoms with Crippen LogP contribution >= 0.6 is 23.2 Å². The van der Waals surface area contributed by atoms with Crippen molar-refractivity contribution >= 4 is 29.1 Å². The molecule has 0 bridgehead atoms. The number of aliphatic hydroxyl groups is 1. The van der Waals surface area contributed by atoms with Crippen LogP contribution in [0.2, 0.25) is 10.0 Å². The Kier molecular flexibility index (Phi) is 5.92. The number of phenolic OH excluding ortho intramolecular Hbond substituents is 1. The van der Waals surface area contributed by atoms with Crippen LogP contribution in [0.3, 0.4) is 0 Å². The van der Waals surface area contributed by atoms with Gasteiger partial charge in [-0.05, 0) is 37.9 Å². The Morgan fingerprint density at radius 1 is 1.50 bits per heavy atom. The van der Waals surface area contributed by atoms with Crippen LogP contribution in [0.15, 0.2) is 12.1 Å². The molecule has 1 amide bonds. The molecule has 122 valence electrons. The van der Waals surface area contributed by atoms with E-state index in [1.54, 1.807) is 13.0 Å². The van der Waals surface area contributed by atoms with Gasteiger partial charge in [0.25, 0.3) is 0 Å². The first-order valence-electron chi connectivity index (χ1n) is 7.23. The molecule has 1 fully saturated rings. The van der Waals surface area contributed by atoms with Gasteiger partial charge in [-0.15, -0.1) is 0 Å². The summed E-state index contributed by atoms with van der Waals surface area (Å²) in [6.45, 7) is 2.54. The highest BCUT2D eigenvalue weighted by molar-refractivity contribution is 6.42. The summed E-state index contributed by atoms with van der Waals surface area (Å²) in [4.78, 5) is 11.8. The van der Waals surface area contributed by atoms with Gasteiger partial charge in [0, 0.05) is 24.6 Å². The summed E-state index contributed by atoms with van der Waals surface area (Å²) < 4.78 is 0. The summed E-state index contributed by atoms with van der Waals surface area (Å²) in [5.41, 5.74) is 0.584. The molecule has 7 heteroatoms. The third-order valence-electron chi connectivity index (χ3n) is 3.75. The Labute approximate surface area is 139 Å². The summed E-state index contributed by atoms with van der Waals surface area (Å²) in [5.74, 6) is 0.161. The van der Waals surface area contributed by atoms with Crippen molar-refractivity contribution in [1.82, 2.24) is 10.6 Å². The van der Waals surface area contributed by atoms with Gasteiger partial charge in [-0.2, -0.15) is 0 Å². The second-order valence-electron chi connectivity index (χ2n) is 5.71. The average molecular weight is 347 g/mol. The van der Waals surface area contributed by atoms with Gasteiger partial charge in [-0.3, -0.25) is 4.79 Å². The molecule has 4 N–H and O–H groups in total. The minimum atomic E-state index is -0.555. The zero-order chi connectivity index (χ0) is 16.3. The Morgan fingerprint density at radius 2 is 2.23 bits per heavy atom. The van der Waals surface area contributed by atoms with E-state index in [2.05, 4.69) is 10.6 Å². The molecule has 1 aliphatic rings.